The molecule has 2 N–H and O–H groups in total. The molecule has 0 atom stereocenters. The molecule has 9 nitrogen and oxygen atoms in total. The second-order valence-electron chi connectivity index (χ2n) is 7.70. The number of rotatable bonds is 7. The minimum Gasteiger partial charge on any atom is -0.378 e. The Kier molecular flexibility index (Phi) is 6.20. The maximum absolute atomic E-state index is 10.8. The monoisotopic (exact) mass is 464 g/mol. The minimum absolute atomic E-state index is 0.247. The number of anilines is 3. The second-order valence-corrected chi connectivity index (χ2v) is 8.53. The molecule has 1 saturated heterocycles. The van der Waals surface area contributed by atoms with Gasteiger partial charge in [0.15, 0.2) is 0 Å². The van der Waals surface area contributed by atoms with Crippen LogP contribution in [0.3, 0.4) is 0 Å². The first kappa shape index (κ1) is 21.4. The van der Waals surface area contributed by atoms with Crippen molar-refractivity contribution in [1.29, 1.82) is 0 Å². The van der Waals surface area contributed by atoms with Gasteiger partial charge in [-0.15, -0.1) is 5.10 Å². The van der Waals surface area contributed by atoms with E-state index < -0.39 is 10.9 Å². The fourth-order valence-electron chi connectivity index (χ4n) is 3.90. The molecule has 2 aromatic carbocycles. The van der Waals surface area contributed by atoms with Crippen molar-refractivity contribution in [3.05, 3.63) is 72.4 Å². The van der Waals surface area contributed by atoms with E-state index in [1.807, 2.05) is 53.0 Å². The topological polar surface area (TPSA) is 101 Å². The summed E-state index contributed by atoms with van der Waals surface area (Å²) < 4.78 is 31.4. The number of benzene rings is 2. The average molecular weight is 465 g/mol. The predicted molar refractivity (Wildman–Crippen MR) is 128 cm³/mol. The third-order valence-electron chi connectivity index (χ3n) is 5.51. The summed E-state index contributed by atoms with van der Waals surface area (Å²) in [5.41, 5.74) is 5.61. The van der Waals surface area contributed by atoms with Crippen molar-refractivity contribution in [2.45, 2.75) is 6.54 Å². The van der Waals surface area contributed by atoms with Crippen LogP contribution in [-0.2, 0) is 22.2 Å². The highest BCUT2D eigenvalue weighted by molar-refractivity contribution is 7.70. The van der Waals surface area contributed by atoms with Crippen molar-refractivity contribution in [3.8, 4) is 11.3 Å². The largest absolute Gasteiger partial charge is 0.378 e. The Bertz CT molecular complexity index is 1340. The Morgan fingerprint density at radius 1 is 1.00 bits per heavy atom. The molecule has 33 heavy (non-hydrogen) atoms. The summed E-state index contributed by atoms with van der Waals surface area (Å²) in [5.74, 6) is 0.486. The zero-order valence-electron chi connectivity index (χ0n) is 17.8. The standard InChI is InChI=1S/C23H24N6O3S/c30-33(31)25-15-17-3-1-4-18(13-17)22-8-7-21-16-24-23(27-29(21)22)26-19-5-2-6-20(14-19)28-9-11-32-12-10-28/h1-8,13-14,16,33H,9-12,15H2,(H,26,27)(H,25,30,31). The molecular formula is C23H24N6O3S. The molecule has 1 fully saturated rings. The summed E-state index contributed by atoms with van der Waals surface area (Å²) in [4.78, 5) is 6.76. The maximum atomic E-state index is 10.8. The first-order valence-corrected chi connectivity index (χ1v) is 11.9. The van der Waals surface area contributed by atoms with Gasteiger partial charge < -0.3 is 15.0 Å². The van der Waals surface area contributed by atoms with Crippen LogP contribution in [0.2, 0.25) is 0 Å². The summed E-state index contributed by atoms with van der Waals surface area (Å²) in [6.07, 6.45) is 1.78. The molecule has 0 saturated carbocycles. The molecule has 1 aliphatic rings. The van der Waals surface area contributed by atoms with E-state index in [4.69, 9.17) is 9.84 Å². The van der Waals surface area contributed by atoms with Gasteiger partial charge in [0, 0.05) is 36.6 Å². The van der Waals surface area contributed by atoms with Gasteiger partial charge in [0.05, 0.1) is 30.6 Å². The molecule has 3 heterocycles. The Morgan fingerprint density at radius 2 is 1.85 bits per heavy atom. The fraction of sp³-hybridized carbons (Fsp3) is 0.217. The molecule has 4 aromatic rings. The van der Waals surface area contributed by atoms with E-state index in [0.717, 1.165) is 60.0 Å². The van der Waals surface area contributed by atoms with Gasteiger partial charge in [-0.05, 0) is 42.0 Å². The van der Waals surface area contributed by atoms with Gasteiger partial charge in [0.1, 0.15) is 0 Å². The van der Waals surface area contributed by atoms with Crippen molar-refractivity contribution in [2.24, 2.45) is 0 Å². The first-order chi connectivity index (χ1) is 16.2. The van der Waals surface area contributed by atoms with Crippen molar-refractivity contribution >= 4 is 33.7 Å². The molecule has 170 valence electrons. The highest BCUT2D eigenvalue weighted by Crippen LogP contribution is 2.25. The van der Waals surface area contributed by atoms with Crippen molar-refractivity contribution < 1.29 is 13.2 Å². The molecule has 5 rings (SSSR count). The number of nitrogens with one attached hydrogen (secondary N) is 2. The van der Waals surface area contributed by atoms with Gasteiger partial charge in [0.2, 0.25) is 16.8 Å². The van der Waals surface area contributed by atoms with Crippen molar-refractivity contribution in [1.82, 2.24) is 19.3 Å². The molecule has 0 amide bonds. The minimum atomic E-state index is -2.64. The molecular weight excluding hydrogens is 440 g/mol. The van der Waals surface area contributed by atoms with E-state index >= 15 is 0 Å². The number of fused-ring (bicyclic) bond motifs is 1. The van der Waals surface area contributed by atoms with Crippen LogP contribution < -0.4 is 14.9 Å². The lowest BCUT2D eigenvalue weighted by molar-refractivity contribution is 0.122. The maximum Gasteiger partial charge on any atom is 0.245 e. The number of ether oxygens (including phenoxy) is 1. The van der Waals surface area contributed by atoms with E-state index in [9.17, 15) is 8.42 Å². The molecule has 0 unspecified atom stereocenters. The number of hydrogen-bond acceptors (Lipinski definition) is 7. The normalized spacial score (nSPS) is 14.2. The molecule has 10 heteroatoms. The van der Waals surface area contributed by atoms with Crippen molar-refractivity contribution in [3.63, 3.8) is 0 Å². The van der Waals surface area contributed by atoms with Gasteiger partial charge in [-0.1, -0.05) is 24.3 Å². The number of thiol groups is 1. The van der Waals surface area contributed by atoms with Crippen molar-refractivity contribution in [2.75, 3.05) is 36.5 Å². The molecule has 2 aromatic heterocycles. The quantitative estimate of drug-likeness (QED) is 0.362. The van der Waals surface area contributed by atoms with Crippen LogP contribution in [-0.4, -0.2) is 49.3 Å². The number of nitrogens with zero attached hydrogens (tertiary/aromatic N) is 4. The number of aromatic nitrogens is 3. The lowest BCUT2D eigenvalue weighted by atomic mass is 10.1. The van der Waals surface area contributed by atoms with Crippen LogP contribution in [0.4, 0.5) is 17.3 Å². The van der Waals surface area contributed by atoms with E-state index in [-0.39, 0.29) is 6.54 Å². The summed E-state index contributed by atoms with van der Waals surface area (Å²) >= 11 is 0. The number of morpholine rings is 1. The summed E-state index contributed by atoms with van der Waals surface area (Å²) in [5, 5.41) is 8.01. The lowest BCUT2D eigenvalue weighted by Crippen LogP contribution is -2.36. The summed E-state index contributed by atoms with van der Waals surface area (Å²) in [6.45, 7) is 3.47. The lowest BCUT2D eigenvalue weighted by Gasteiger charge is -2.29. The van der Waals surface area contributed by atoms with Gasteiger partial charge in [0.25, 0.3) is 0 Å². The van der Waals surface area contributed by atoms with E-state index in [2.05, 4.69) is 32.1 Å². The Balaban J connectivity index is 1.41. The molecule has 0 bridgehead atoms. The first-order valence-electron chi connectivity index (χ1n) is 10.7. The zero-order valence-corrected chi connectivity index (χ0v) is 18.7. The van der Waals surface area contributed by atoms with Gasteiger partial charge >= 0.3 is 0 Å². The van der Waals surface area contributed by atoms with Crippen LogP contribution in [0.5, 0.6) is 0 Å². The summed E-state index contributed by atoms with van der Waals surface area (Å²) in [6, 6.07) is 19.8. The van der Waals surface area contributed by atoms with E-state index in [1.54, 1.807) is 6.20 Å². The zero-order chi connectivity index (χ0) is 22.6. The van der Waals surface area contributed by atoms with Gasteiger partial charge in [-0.3, -0.25) is 0 Å². The second kappa shape index (κ2) is 9.57. The van der Waals surface area contributed by atoms with Crippen LogP contribution in [0.15, 0.2) is 66.9 Å². The Labute approximate surface area is 193 Å². The summed E-state index contributed by atoms with van der Waals surface area (Å²) in [7, 11) is -2.64. The van der Waals surface area contributed by atoms with Crippen LogP contribution in [0.25, 0.3) is 16.8 Å². The van der Waals surface area contributed by atoms with Gasteiger partial charge in [-0.25, -0.2) is 22.6 Å². The molecule has 0 aliphatic carbocycles. The van der Waals surface area contributed by atoms with E-state index in [1.165, 1.54) is 0 Å². The van der Waals surface area contributed by atoms with Crippen LogP contribution >= 0.6 is 0 Å². The van der Waals surface area contributed by atoms with Gasteiger partial charge in [-0.2, -0.15) is 0 Å². The molecule has 1 aliphatic heterocycles. The fourth-order valence-corrected chi connectivity index (χ4v) is 4.22. The third-order valence-corrected chi connectivity index (χ3v) is 5.93. The smallest absolute Gasteiger partial charge is 0.245 e. The molecule has 0 spiro atoms. The van der Waals surface area contributed by atoms with Crippen LogP contribution in [0.1, 0.15) is 5.56 Å². The number of hydrogen-bond donors (Lipinski definition) is 3. The highest BCUT2D eigenvalue weighted by atomic mass is 32.2. The van der Waals surface area contributed by atoms with E-state index in [0.29, 0.717) is 5.95 Å². The Morgan fingerprint density at radius 3 is 2.70 bits per heavy atom. The molecule has 0 radical (unpaired) electrons. The predicted octanol–water partition coefficient (Wildman–Crippen LogP) is 2.59. The highest BCUT2D eigenvalue weighted by Gasteiger charge is 2.12. The average Bonchev–Trinajstić information content (AvgIpc) is 3.27. The SMILES string of the molecule is O=[SH](=O)NCc1cccc(-c2ccc3cnc(Nc4cccc(N5CCOCC5)c4)nn23)c1. The third kappa shape index (κ3) is 4.98. The van der Waals surface area contributed by atoms with Crippen LogP contribution in [0, 0.1) is 0 Å². The Hall–Kier alpha value is -3.47.